The molecule has 0 N–H and O–H groups in total. The van der Waals surface area contributed by atoms with E-state index in [9.17, 15) is 4.39 Å². The fraction of sp³-hybridized carbons (Fsp3) is 0.0667. The smallest absolute Gasteiger partial charge is 0.161 e. The third kappa shape index (κ3) is 2.30. The zero-order valence-corrected chi connectivity index (χ0v) is 11.4. The molecule has 0 fully saturated rings. The Kier molecular flexibility index (Phi) is 3.24. The van der Waals surface area contributed by atoms with E-state index in [1.165, 1.54) is 12.1 Å². The molecule has 3 nitrogen and oxygen atoms in total. The van der Waals surface area contributed by atoms with Crippen LogP contribution in [0.25, 0.3) is 22.3 Å². The molecule has 0 saturated heterocycles. The predicted molar refractivity (Wildman–Crippen MR) is 76.5 cm³/mol. The van der Waals surface area contributed by atoms with Gasteiger partial charge in [0.25, 0.3) is 0 Å². The van der Waals surface area contributed by atoms with Crippen molar-refractivity contribution in [1.29, 1.82) is 0 Å². The molecule has 0 aliphatic carbocycles. The summed E-state index contributed by atoms with van der Waals surface area (Å²) < 4.78 is 18.4. The molecule has 0 atom stereocenters. The summed E-state index contributed by atoms with van der Waals surface area (Å²) in [5.41, 5.74) is 1.39. The maximum Gasteiger partial charge on any atom is 0.161 e. The van der Waals surface area contributed by atoms with Crippen molar-refractivity contribution in [3.05, 3.63) is 53.4 Å². The summed E-state index contributed by atoms with van der Waals surface area (Å²) in [6, 6.07) is 11.6. The number of fused-ring (bicyclic) bond motifs is 1. The summed E-state index contributed by atoms with van der Waals surface area (Å²) in [4.78, 5) is 8.63. The molecular weight excluding hydrogens is 279 g/mol. The zero-order valence-electron chi connectivity index (χ0n) is 10.6. The Morgan fingerprint density at radius 1 is 1.10 bits per heavy atom. The minimum absolute atomic E-state index is 0.229. The fourth-order valence-corrected chi connectivity index (χ4v) is 2.19. The molecular formula is C15H10ClFN2O. The van der Waals surface area contributed by atoms with Crippen LogP contribution in [0.1, 0.15) is 0 Å². The summed E-state index contributed by atoms with van der Waals surface area (Å²) in [5, 5.41) is 0.727. The standard InChI is InChI=1S/C15H10ClFN2O/c1-20-11-4-2-3-9(7-11)15-18-13-6-5-10(17)8-12(13)14(16)19-15/h2-8H,1H3. The van der Waals surface area contributed by atoms with Crippen LogP contribution in [0.5, 0.6) is 5.75 Å². The number of halogens is 2. The molecule has 100 valence electrons. The summed E-state index contributed by atoms with van der Waals surface area (Å²) in [6.45, 7) is 0. The molecule has 1 aromatic heterocycles. The van der Waals surface area contributed by atoms with Gasteiger partial charge in [-0.15, -0.1) is 0 Å². The summed E-state index contributed by atoms with van der Waals surface area (Å²) in [5.74, 6) is 0.826. The fourth-order valence-electron chi connectivity index (χ4n) is 1.95. The summed E-state index contributed by atoms with van der Waals surface area (Å²) >= 11 is 6.11. The lowest BCUT2D eigenvalue weighted by Gasteiger charge is -2.06. The second-order valence-electron chi connectivity index (χ2n) is 4.23. The Morgan fingerprint density at radius 3 is 2.75 bits per heavy atom. The van der Waals surface area contributed by atoms with E-state index in [0.717, 1.165) is 5.56 Å². The van der Waals surface area contributed by atoms with E-state index in [4.69, 9.17) is 16.3 Å². The number of hydrogen-bond acceptors (Lipinski definition) is 3. The highest BCUT2D eigenvalue weighted by atomic mass is 35.5. The molecule has 0 amide bonds. The lowest BCUT2D eigenvalue weighted by molar-refractivity contribution is 0.415. The number of aromatic nitrogens is 2. The highest BCUT2D eigenvalue weighted by Gasteiger charge is 2.09. The Hall–Kier alpha value is -2.20. The van der Waals surface area contributed by atoms with Gasteiger partial charge in [-0.3, -0.25) is 0 Å². The van der Waals surface area contributed by atoms with E-state index < -0.39 is 0 Å². The van der Waals surface area contributed by atoms with Crippen LogP contribution in [0.15, 0.2) is 42.5 Å². The number of hydrogen-bond donors (Lipinski definition) is 0. The molecule has 0 saturated carbocycles. The van der Waals surface area contributed by atoms with Gasteiger partial charge in [0.15, 0.2) is 5.82 Å². The molecule has 0 bridgehead atoms. The van der Waals surface area contributed by atoms with Crippen molar-refractivity contribution in [1.82, 2.24) is 9.97 Å². The van der Waals surface area contributed by atoms with Gasteiger partial charge in [0, 0.05) is 10.9 Å². The van der Waals surface area contributed by atoms with Crippen molar-refractivity contribution in [2.24, 2.45) is 0 Å². The van der Waals surface area contributed by atoms with Crippen LogP contribution >= 0.6 is 11.6 Å². The van der Waals surface area contributed by atoms with E-state index in [0.29, 0.717) is 22.5 Å². The largest absolute Gasteiger partial charge is 0.497 e. The van der Waals surface area contributed by atoms with Crippen LogP contribution in [0, 0.1) is 5.82 Å². The van der Waals surface area contributed by atoms with Gasteiger partial charge in [-0.05, 0) is 30.3 Å². The van der Waals surface area contributed by atoms with Crippen LogP contribution < -0.4 is 4.74 Å². The molecule has 0 aliphatic heterocycles. The topological polar surface area (TPSA) is 35.0 Å². The molecule has 0 radical (unpaired) electrons. The van der Waals surface area contributed by atoms with E-state index in [1.54, 1.807) is 13.2 Å². The maximum absolute atomic E-state index is 13.2. The van der Waals surface area contributed by atoms with Gasteiger partial charge in [0.1, 0.15) is 16.7 Å². The quantitative estimate of drug-likeness (QED) is 0.666. The lowest BCUT2D eigenvalue weighted by Crippen LogP contribution is -1.93. The normalized spacial score (nSPS) is 10.8. The van der Waals surface area contributed by atoms with Gasteiger partial charge < -0.3 is 4.74 Å². The summed E-state index contributed by atoms with van der Waals surface area (Å²) in [7, 11) is 1.59. The van der Waals surface area contributed by atoms with Crippen molar-refractivity contribution in [2.75, 3.05) is 7.11 Å². The molecule has 0 aliphatic rings. The Morgan fingerprint density at radius 2 is 1.95 bits per heavy atom. The van der Waals surface area contributed by atoms with Crippen LogP contribution in [-0.4, -0.2) is 17.1 Å². The maximum atomic E-state index is 13.2. The van der Waals surface area contributed by atoms with Gasteiger partial charge in [-0.1, -0.05) is 23.7 Å². The van der Waals surface area contributed by atoms with Gasteiger partial charge in [-0.25, -0.2) is 14.4 Å². The Balaban J connectivity index is 2.19. The second kappa shape index (κ2) is 5.06. The number of rotatable bonds is 2. The van der Waals surface area contributed by atoms with Gasteiger partial charge >= 0.3 is 0 Å². The second-order valence-corrected chi connectivity index (χ2v) is 4.59. The van der Waals surface area contributed by atoms with Crippen molar-refractivity contribution < 1.29 is 9.13 Å². The van der Waals surface area contributed by atoms with E-state index in [-0.39, 0.29) is 11.0 Å². The minimum atomic E-state index is -0.364. The zero-order chi connectivity index (χ0) is 14.1. The van der Waals surface area contributed by atoms with Gasteiger partial charge in [0.2, 0.25) is 0 Å². The van der Waals surface area contributed by atoms with Crippen LogP contribution in [0.4, 0.5) is 4.39 Å². The van der Waals surface area contributed by atoms with Crippen LogP contribution in [0.2, 0.25) is 5.15 Å². The molecule has 1 heterocycles. The van der Waals surface area contributed by atoms with E-state index >= 15 is 0 Å². The Labute approximate surface area is 120 Å². The minimum Gasteiger partial charge on any atom is -0.497 e. The average Bonchev–Trinajstić information content (AvgIpc) is 2.48. The third-order valence-corrected chi connectivity index (χ3v) is 3.23. The number of benzene rings is 2. The number of nitrogens with zero attached hydrogens (tertiary/aromatic N) is 2. The number of methoxy groups -OCH3 is 1. The van der Waals surface area contributed by atoms with Gasteiger partial charge in [-0.2, -0.15) is 0 Å². The molecule has 5 heteroatoms. The highest BCUT2D eigenvalue weighted by Crippen LogP contribution is 2.27. The average molecular weight is 289 g/mol. The Bertz CT molecular complexity index is 792. The van der Waals surface area contributed by atoms with Crippen molar-refractivity contribution >= 4 is 22.5 Å². The van der Waals surface area contributed by atoms with E-state index in [1.807, 2.05) is 24.3 Å². The molecule has 0 unspecified atom stereocenters. The van der Waals surface area contributed by atoms with Crippen LogP contribution in [-0.2, 0) is 0 Å². The van der Waals surface area contributed by atoms with E-state index in [2.05, 4.69) is 9.97 Å². The van der Waals surface area contributed by atoms with Crippen LogP contribution in [0.3, 0.4) is 0 Å². The first kappa shape index (κ1) is 12.8. The lowest BCUT2D eigenvalue weighted by atomic mass is 10.2. The first-order valence-corrected chi connectivity index (χ1v) is 6.32. The first-order chi connectivity index (χ1) is 9.67. The highest BCUT2D eigenvalue weighted by molar-refractivity contribution is 6.34. The molecule has 3 aromatic rings. The van der Waals surface area contributed by atoms with Gasteiger partial charge in [0.05, 0.1) is 12.6 Å². The number of ether oxygens (including phenoxy) is 1. The molecule has 20 heavy (non-hydrogen) atoms. The predicted octanol–water partition coefficient (Wildman–Crippen LogP) is 4.10. The summed E-state index contributed by atoms with van der Waals surface area (Å²) in [6.07, 6.45) is 0. The molecule has 0 spiro atoms. The van der Waals surface area contributed by atoms with Crippen molar-refractivity contribution in [3.8, 4) is 17.1 Å². The SMILES string of the molecule is COc1cccc(-c2nc(Cl)c3cc(F)ccc3n2)c1. The monoisotopic (exact) mass is 288 g/mol. The third-order valence-electron chi connectivity index (χ3n) is 2.94. The molecule has 2 aromatic carbocycles. The molecule has 3 rings (SSSR count). The van der Waals surface area contributed by atoms with Crippen molar-refractivity contribution in [2.45, 2.75) is 0 Å². The first-order valence-electron chi connectivity index (χ1n) is 5.94. The van der Waals surface area contributed by atoms with Crippen molar-refractivity contribution in [3.63, 3.8) is 0 Å².